The number of benzene rings is 1. The van der Waals surface area contributed by atoms with Crippen LogP contribution in [0.1, 0.15) is 4.88 Å². The molecule has 2 aromatic heterocycles. The van der Waals surface area contributed by atoms with Crippen LogP contribution in [-0.2, 0) is 0 Å². The van der Waals surface area contributed by atoms with Crippen molar-refractivity contribution in [3.05, 3.63) is 43.9 Å². The van der Waals surface area contributed by atoms with Gasteiger partial charge in [-0.2, -0.15) is 4.98 Å². The summed E-state index contributed by atoms with van der Waals surface area (Å²) in [5.74, 6) is 1.06. The van der Waals surface area contributed by atoms with Crippen molar-refractivity contribution in [2.24, 2.45) is 0 Å². The van der Waals surface area contributed by atoms with Gasteiger partial charge in [0.05, 0.1) is 9.86 Å². The highest BCUT2D eigenvalue weighted by atomic mass is 79.9. The second-order valence-corrected chi connectivity index (χ2v) is 6.91. The molecule has 0 amide bonds. The van der Waals surface area contributed by atoms with E-state index in [4.69, 9.17) is 27.9 Å². The van der Waals surface area contributed by atoms with Crippen LogP contribution >= 0.6 is 50.5 Å². The van der Waals surface area contributed by atoms with Gasteiger partial charge in [-0.3, -0.25) is 0 Å². The Morgan fingerprint density at radius 2 is 2.00 bits per heavy atom. The normalized spacial score (nSPS) is 11.0. The molecular weight excluding hydrogens is 383 g/mol. The predicted octanol–water partition coefficient (Wildman–Crippen LogP) is 5.86. The molecule has 0 N–H and O–H groups in total. The second kappa shape index (κ2) is 5.48. The van der Waals surface area contributed by atoms with Crippen LogP contribution < -0.4 is 4.74 Å². The van der Waals surface area contributed by atoms with Gasteiger partial charge in [0.15, 0.2) is 0 Å². The van der Waals surface area contributed by atoms with Crippen LogP contribution in [0.3, 0.4) is 0 Å². The third-order valence-corrected chi connectivity index (χ3v) is 4.52. The zero-order valence-electron chi connectivity index (χ0n) is 10.2. The zero-order chi connectivity index (χ0) is 14.3. The first-order valence-electron chi connectivity index (χ1n) is 5.59. The third-order valence-electron chi connectivity index (χ3n) is 2.55. The highest BCUT2D eigenvalue weighted by Gasteiger charge is 2.13. The van der Waals surface area contributed by atoms with Crippen LogP contribution in [0.5, 0.6) is 11.6 Å². The maximum atomic E-state index is 5.94. The van der Waals surface area contributed by atoms with E-state index < -0.39 is 0 Å². The van der Waals surface area contributed by atoms with E-state index in [1.807, 2.05) is 13.0 Å². The van der Waals surface area contributed by atoms with Crippen LogP contribution in [0.4, 0.5) is 0 Å². The van der Waals surface area contributed by atoms with E-state index in [0.29, 0.717) is 16.7 Å². The summed E-state index contributed by atoms with van der Waals surface area (Å²) in [5, 5.41) is 1.64. The summed E-state index contributed by atoms with van der Waals surface area (Å²) < 4.78 is 6.59. The SMILES string of the molecule is Cc1cc2c(Oc3ccc(Cl)cc3Br)nc(Cl)nc2s1. The minimum atomic E-state index is 0.166. The highest BCUT2D eigenvalue weighted by Crippen LogP contribution is 2.36. The predicted molar refractivity (Wildman–Crippen MR) is 86.4 cm³/mol. The standard InChI is InChI=1S/C13H7BrCl2N2OS/c1-6-4-8-11(17-13(16)18-12(8)20-6)19-10-3-2-7(15)5-9(10)14/h2-5H,1H3. The van der Waals surface area contributed by atoms with Gasteiger partial charge in [0.2, 0.25) is 11.2 Å². The summed E-state index contributed by atoms with van der Waals surface area (Å²) in [6, 6.07) is 7.26. The Labute approximate surface area is 137 Å². The van der Waals surface area contributed by atoms with Gasteiger partial charge in [-0.05, 0) is 58.7 Å². The molecule has 1 aromatic carbocycles. The van der Waals surface area contributed by atoms with Crippen molar-refractivity contribution in [2.45, 2.75) is 6.92 Å². The molecule has 0 spiro atoms. The number of aromatic nitrogens is 2. The summed E-state index contributed by atoms with van der Waals surface area (Å²) in [6.45, 7) is 2.00. The number of aryl methyl sites for hydroxylation is 1. The number of thiophene rings is 1. The maximum Gasteiger partial charge on any atom is 0.232 e. The Hall–Kier alpha value is -0.880. The van der Waals surface area contributed by atoms with E-state index in [-0.39, 0.29) is 5.28 Å². The van der Waals surface area contributed by atoms with Crippen molar-refractivity contribution in [3.63, 3.8) is 0 Å². The van der Waals surface area contributed by atoms with Gasteiger partial charge in [0.1, 0.15) is 10.6 Å². The fourth-order valence-corrected chi connectivity index (χ4v) is 3.58. The zero-order valence-corrected chi connectivity index (χ0v) is 14.1. The smallest absolute Gasteiger partial charge is 0.232 e. The van der Waals surface area contributed by atoms with E-state index in [1.165, 1.54) is 0 Å². The van der Waals surface area contributed by atoms with Gasteiger partial charge in [-0.25, -0.2) is 4.98 Å². The first kappa shape index (κ1) is 14.1. The van der Waals surface area contributed by atoms with E-state index in [2.05, 4.69) is 25.9 Å². The molecule has 0 unspecified atom stereocenters. The monoisotopic (exact) mass is 388 g/mol. The van der Waals surface area contributed by atoms with Crippen molar-refractivity contribution >= 4 is 60.7 Å². The molecule has 0 saturated carbocycles. The van der Waals surface area contributed by atoms with Gasteiger partial charge < -0.3 is 4.74 Å². The number of nitrogens with zero attached hydrogens (tertiary/aromatic N) is 2. The molecule has 20 heavy (non-hydrogen) atoms. The number of halogens is 3. The summed E-state index contributed by atoms with van der Waals surface area (Å²) >= 11 is 16.8. The molecule has 7 heteroatoms. The van der Waals surface area contributed by atoms with Crippen LogP contribution in [0.25, 0.3) is 10.2 Å². The average molecular weight is 390 g/mol. The topological polar surface area (TPSA) is 35.0 Å². The van der Waals surface area contributed by atoms with Crippen LogP contribution in [-0.4, -0.2) is 9.97 Å². The lowest BCUT2D eigenvalue weighted by atomic mass is 10.3. The Bertz CT molecular complexity index is 806. The highest BCUT2D eigenvalue weighted by molar-refractivity contribution is 9.10. The summed E-state index contributed by atoms with van der Waals surface area (Å²) in [7, 11) is 0. The lowest BCUT2D eigenvalue weighted by molar-refractivity contribution is 0.465. The lowest BCUT2D eigenvalue weighted by Gasteiger charge is -2.08. The largest absolute Gasteiger partial charge is 0.437 e. The minimum absolute atomic E-state index is 0.166. The van der Waals surface area contributed by atoms with Gasteiger partial charge in [0, 0.05) is 9.90 Å². The number of fused-ring (bicyclic) bond motifs is 1. The van der Waals surface area contributed by atoms with Crippen molar-refractivity contribution < 1.29 is 4.74 Å². The molecule has 3 rings (SSSR count). The Morgan fingerprint density at radius 1 is 1.20 bits per heavy atom. The van der Waals surface area contributed by atoms with E-state index in [0.717, 1.165) is 19.6 Å². The Kier molecular flexibility index (Phi) is 3.86. The number of hydrogen-bond donors (Lipinski definition) is 0. The molecule has 0 atom stereocenters. The molecule has 0 aliphatic carbocycles. The summed E-state index contributed by atoms with van der Waals surface area (Å²) in [6.07, 6.45) is 0. The average Bonchev–Trinajstić information content (AvgIpc) is 2.73. The van der Waals surface area contributed by atoms with Crippen LogP contribution in [0.15, 0.2) is 28.7 Å². The van der Waals surface area contributed by atoms with Gasteiger partial charge in [-0.15, -0.1) is 11.3 Å². The van der Waals surface area contributed by atoms with Crippen LogP contribution in [0, 0.1) is 6.92 Å². The number of rotatable bonds is 2. The molecule has 2 heterocycles. The first-order valence-corrected chi connectivity index (χ1v) is 7.96. The van der Waals surface area contributed by atoms with Crippen molar-refractivity contribution in [1.29, 1.82) is 0 Å². The molecule has 0 fully saturated rings. The van der Waals surface area contributed by atoms with E-state index in [9.17, 15) is 0 Å². The maximum absolute atomic E-state index is 5.94. The van der Waals surface area contributed by atoms with Crippen molar-refractivity contribution in [1.82, 2.24) is 9.97 Å². The third kappa shape index (κ3) is 2.76. The fraction of sp³-hybridized carbons (Fsp3) is 0.0769. The van der Waals surface area contributed by atoms with Crippen LogP contribution in [0.2, 0.25) is 10.3 Å². The number of ether oxygens (including phenoxy) is 1. The van der Waals surface area contributed by atoms with Crippen molar-refractivity contribution in [3.8, 4) is 11.6 Å². The molecule has 0 saturated heterocycles. The Balaban J connectivity index is 2.10. The fourth-order valence-electron chi connectivity index (χ4n) is 1.73. The second-order valence-electron chi connectivity index (χ2n) is 4.05. The molecular formula is C13H7BrCl2N2OS. The van der Waals surface area contributed by atoms with E-state index >= 15 is 0 Å². The minimum Gasteiger partial charge on any atom is -0.437 e. The number of hydrogen-bond acceptors (Lipinski definition) is 4. The molecule has 0 bridgehead atoms. The molecule has 0 aliphatic rings. The molecule has 3 nitrogen and oxygen atoms in total. The van der Waals surface area contributed by atoms with Gasteiger partial charge in [0.25, 0.3) is 0 Å². The summed E-state index contributed by atoms with van der Waals surface area (Å²) in [5.41, 5.74) is 0. The quantitative estimate of drug-likeness (QED) is 0.514. The Morgan fingerprint density at radius 3 is 2.75 bits per heavy atom. The lowest BCUT2D eigenvalue weighted by Crippen LogP contribution is -1.91. The van der Waals surface area contributed by atoms with Crippen molar-refractivity contribution in [2.75, 3.05) is 0 Å². The molecule has 102 valence electrons. The first-order chi connectivity index (χ1) is 9.52. The van der Waals surface area contributed by atoms with Gasteiger partial charge in [-0.1, -0.05) is 11.6 Å². The molecule has 0 radical (unpaired) electrons. The molecule has 0 aliphatic heterocycles. The summed E-state index contributed by atoms with van der Waals surface area (Å²) in [4.78, 5) is 10.3. The van der Waals surface area contributed by atoms with Gasteiger partial charge >= 0.3 is 0 Å². The van der Waals surface area contributed by atoms with E-state index in [1.54, 1.807) is 29.5 Å². The molecule has 3 aromatic rings.